The summed E-state index contributed by atoms with van der Waals surface area (Å²) in [6.45, 7) is 0. The molecule has 0 aromatic heterocycles. The molecule has 0 spiro atoms. The van der Waals surface area contributed by atoms with E-state index in [2.05, 4.69) is 0 Å². The Morgan fingerprint density at radius 2 is 1.19 bits per heavy atom. The quantitative estimate of drug-likeness (QED) is 0.614. The van der Waals surface area contributed by atoms with E-state index < -0.39 is 11.2 Å². The van der Waals surface area contributed by atoms with Crippen LogP contribution in [0, 0.1) is 0 Å². The topological polar surface area (TPSA) is 83.8 Å². The van der Waals surface area contributed by atoms with Gasteiger partial charge in [-0.05, 0) is 49.4 Å². The lowest BCUT2D eigenvalue weighted by Gasteiger charge is -2.30. The van der Waals surface area contributed by atoms with Crippen LogP contribution in [0.3, 0.4) is 0 Å². The zero-order valence-corrected chi connectivity index (χ0v) is 18.7. The average Bonchev–Trinajstić information content (AvgIpc) is 2.83. The fourth-order valence-electron chi connectivity index (χ4n) is 5.14. The van der Waals surface area contributed by atoms with E-state index >= 15 is 0 Å². The summed E-state index contributed by atoms with van der Waals surface area (Å²) in [5.74, 6) is 0.147. The highest BCUT2D eigenvalue weighted by Gasteiger charge is 2.38. The molecule has 0 aliphatic heterocycles. The van der Waals surface area contributed by atoms with Crippen LogP contribution in [0.1, 0.15) is 84.9 Å². The molecular formula is C27H32O5. The van der Waals surface area contributed by atoms with Crippen LogP contribution in [-0.4, -0.2) is 40.1 Å². The summed E-state index contributed by atoms with van der Waals surface area (Å²) in [5.41, 5.74) is -0.0788. The zero-order chi connectivity index (χ0) is 22.8. The highest BCUT2D eigenvalue weighted by molar-refractivity contribution is 6.04. The van der Waals surface area contributed by atoms with Gasteiger partial charge >= 0.3 is 0 Å². The number of ether oxygens (including phenoxy) is 1. The number of Topliss-reactive ketones (excluding diaryl/α,β-unsaturated/α-hetero) is 2. The molecule has 2 aliphatic rings. The van der Waals surface area contributed by atoms with Crippen molar-refractivity contribution in [3.8, 4) is 16.9 Å². The molecule has 2 saturated carbocycles. The van der Waals surface area contributed by atoms with Gasteiger partial charge in [-0.25, -0.2) is 0 Å². The monoisotopic (exact) mass is 436 g/mol. The van der Waals surface area contributed by atoms with Gasteiger partial charge in [-0.15, -0.1) is 0 Å². The van der Waals surface area contributed by atoms with E-state index in [1.807, 2.05) is 12.1 Å². The fourth-order valence-corrected chi connectivity index (χ4v) is 5.14. The number of carbonyl (C=O) groups excluding carboxylic acids is 2. The maximum Gasteiger partial charge on any atom is 0.194 e. The second-order valence-electron chi connectivity index (χ2n) is 9.34. The van der Waals surface area contributed by atoms with Gasteiger partial charge in [-0.2, -0.15) is 0 Å². The molecule has 2 N–H and O–H groups in total. The minimum atomic E-state index is -1.30. The highest BCUT2D eigenvalue weighted by Crippen LogP contribution is 2.36. The first kappa shape index (κ1) is 22.7. The van der Waals surface area contributed by atoms with Gasteiger partial charge in [0.15, 0.2) is 11.6 Å². The van der Waals surface area contributed by atoms with Crippen molar-refractivity contribution in [3.05, 3.63) is 53.6 Å². The Kier molecular flexibility index (Phi) is 6.50. The van der Waals surface area contributed by atoms with E-state index in [-0.39, 0.29) is 11.6 Å². The van der Waals surface area contributed by atoms with E-state index in [1.54, 1.807) is 37.4 Å². The number of rotatable bonds is 6. The minimum absolute atomic E-state index is 0.223. The Hall–Kier alpha value is -2.50. The molecule has 5 nitrogen and oxygen atoms in total. The van der Waals surface area contributed by atoms with Crippen molar-refractivity contribution in [3.63, 3.8) is 0 Å². The summed E-state index contributed by atoms with van der Waals surface area (Å²) in [5, 5.41) is 21.7. The largest absolute Gasteiger partial charge is 0.496 e. The summed E-state index contributed by atoms with van der Waals surface area (Å²) in [7, 11) is 1.57. The summed E-state index contributed by atoms with van der Waals surface area (Å²) in [6, 6.07) is 12.3. The lowest BCUT2D eigenvalue weighted by atomic mass is 9.79. The van der Waals surface area contributed by atoms with E-state index in [9.17, 15) is 19.8 Å². The van der Waals surface area contributed by atoms with Gasteiger partial charge in [0.25, 0.3) is 0 Å². The standard InChI is InChI=1S/C27H32O5/c1-32-23-13-12-21(25(29)27(31)16-6-3-7-17-27)18-22(23)19-8-10-20(11-9-19)24(28)26(30)14-4-2-5-15-26/h8-13,18,30-31H,2-7,14-17H2,1H3. The lowest BCUT2D eigenvalue weighted by molar-refractivity contribution is 0.0116. The molecule has 0 saturated heterocycles. The van der Waals surface area contributed by atoms with E-state index in [0.29, 0.717) is 42.6 Å². The Bertz CT molecular complexity index is 980. The smallest absolute Gasteiger partial charge is 0.194 e. The Morgan fingerprint density at radius 1 is 0.719 bits per heavy atom. The Balaban J connectivity index is 1.62. The molecule has 0 radical (unpaired) electrons. The molecule has 2 fully saturated rings. The second kappa shape index (κ2) is 9.16. The summed E-state index contributed by atoms with van der Waals surface area (Å²) >= 11 is 0. The van der Waals surface area contributed by atoms with E-state index in [1.165, 1.54) is 0 Å². The van der Waals surface area contributed by atoms with Crippen molar-refractivity contribution in [1.29, 1.82) is 0 Å². The van der Waals surface area contributed by atoms with Gasteiger partial charge in [0.05, 0.1) is 7.11 Å². The van der Waals surface area contributed by atoms with Crippen LogP contribution < -0.4 is 4.74 Å². The lowest BCUT2D eigenvalue weighted by Crippen LogP contribution is -2.40. The van der Waals surface area contributed by atoms with Crippen molar-refractivity contribution < 1.29 is 24.5 Å². The molecule has 2 aliphatic carbocycles. The van der Waals surface area contributed by atoms with Crippen molar-refractivity contribution in [2.24, 2.45) is 0 Å². The predicted octanol–water partition coefficient (Wildman–Crippen LogP) is 5.12. The first-order valence-corrected chi connectivity index (χ1v) is 11.7. The molecule has 5 heteroatoms. The number of methoxy groups -OCH3 is 1. The van der Waals surface area contributed by atoms with Gasteiger partial charge in [0.1, 0.15) is 17.0 Å². The SMILES string of the molecule is COc1ccc(C(=O)C2(O)CCCCC2)cc1-c1ccc(C(=O)C2(O)CCCCC2)cc1. The molecular weight excluding hydrogens is 404 g/mol. The second-order valence-corrected chi connectivity index (χ2v) is 9.34. The van der Waals surface area contributed by atoms with Gasteiger partial charge in [0.2, 0.25) is 0 Å². The third kappa shape index (κ3) is 4.37. The fraction of sp³-hybridized carbons (Fsp3) is 0.481. The zero-order valence-electron chi connectivity index (χ0n) is 18.7. The van der Waals surface area contributed by atoms with Crippen LogP contribution in [0.2, 0.25) is 0 Å². The molecule has 0 unspecified atom stereocenters. The van der Waals surface area contributed by atoms with Gasteiger partial charge < -0.3 is 14.9 Å². The van der Waals surface area contributed by atoms with Gasteiger partial charge in [-0.1, -0.05) is 62.8 Å². The average molecular weight is 437 g/mol. The Morgan fingerprint density at radius 3 is 1.69 bits per heavy atom. The first-order chi connectivity index (χ1) is 15.4. The number of aliphatic hydroxyl groups is 2. The summed E-state index contributed by atoms with van der Waals surface area (Å²) in [4.78, 5) is 26.0. The van der Waals surface area contributed by atoms with Gasteiger partial charge in [-0.3, -0.25) is 9.59 Å². The van der Waals surface area contributed by atoms with Crippen LogP contribution >= 0.6 is 0 Å². The molecule has 0 amide bonds. The van der Waals surface area contributed by atoms with Crippen LogP contribution in [-0.2, 0) is 0 Å². The normalized spacial score (nSPS) is 19.8. The molecule has 4 rings (SSSR count). The molecule has 2 aromatic rings. The first-order valence-electron chi connectivity index (χ1n) is 11.7. The molecule has 0 bridgehead atoms. The van der Waals surface area contributed by atoms with Crippen LogP contribution in [0.25, 0.3) is 11.1 Å². The molecule has 2 aromatic carbocycles. The molecule has 0 atom stereocenters. The number of hydrogen-bond donors (Lipinski definition) is 2. The van der Waals surface area contributed by atoms with Crippen LogP contribution in [0.15, 0.2) is 42.5 Å². The highest BCUT2D eigenvalue weighted by atomic mass is 16.5. The van der Waals surface area contributed by atoms with Crippen molar-refractivity contribution in [2.75, 3.05) is 7.11 Å². The number of benzene rings is 2. The third-order valence-corrected chi connectivity index (χ3v) is 7.13. The predicted molar refractivity (Wildman–Crippen MR) is 123 cm³/mol. The minimum Gasteiger partial charge on any atom is -0.496 e. The maximum atomic E-state index is 13.1. The Labute approximate surface area is 189 Å². The van der Waals surface area contributed by atoms with Crippen LogP contribution in [0.5, 0.6) is 5.75 Å². The number of ketones is 2. The van der Waals surface area contributed by atoms with Crippen molar-refractivity contribution in [2.45, 2.75) is 75.4 Å². The molecule has 170 valence electrons. The maximum absolute atomic E-state index is 13.1. The molecule has 0 heterocycles. The number of hydrogen-bond acceptors (Lipinski definition) is 5. The third-order valence-electron chi connectivity index (χ3n) is 7.13. The van der Waals surface area contributed by atoms with Crippen molar-refractivity contribution >= 4 is 11.6 Å². The summed E-state index contributed by atoms with van der Waals surface area (Å²) in [6.07, 6.45) is 7.54. The van der Waals surface area contributed by atoms with E-state index in [0.717, 1.165) is 49.7 Å². The number of carbonyl (C=O) groups is 2. The van der Waals surface area contributed by atoms with Crippen molar-refractivity contribution in [1.82, 2.24) is 0 Å². The van der Waals surface area contributed by atoms with E-state index in [4.69, 9.17) is 4.74 Å². The van der Waals surface area contributed by atoms with Crippen LogP contribution in [0.4, 0.5) is 0 Å². The molecule has 32 heavy (non-hydrogen) atoms. The summed E-state index contributed by atoms with van der Waals surface area (Å²) < 4.78 is 5.51. The van der Waals surface area contributed by atoms with Gasteiger partial charge in [0, 0.05) is 16.7 Å².